The van der Waals surface area contributed by atoms with Gasteiger partial charge in [-0.2, -0.15) is 0 Å². The van der Waals surface area contributed by atoms with Crippen LogP contribution in [0.4, 0.5) is 10.1 Å². The molecular formula is C20H21FN2O4S. The third-order valence-electron chi connectivity index (χ3n) is 3.96. The smallest absolute Gasteiger partial charge is 0.291 e. The molecular weight excluding hydrogens is 383 g/mol. The third kappa shape index (κ3) is 4.07. The summed E-state index contributed by atoms with van der Waals surface area (Å²) in [6.07, 6.45) is 0. The van der Waals surface area contributed by atoms with Crippen molar-refractivity contribution < 1.29 is 22.0 Å². The van der Waals surface area contributed by atoms with E-state index in [1.165, 1.54) is 24.3 Å². The number of rotatable bonds is 4. The Labute approximate surface area is 162 Å². The Kier molecular flexibility index (Phi) is 5.03. The first-order valence-electron chi connectivity index (χ1n) is 8.61. The van der Waals surface area contributed by atoms with Gasteiger partial charge < -0.3 is 9.73 Å². The molecule has 6 nitrogen and oxygen atoms in total. The molecule has 1 heterocycles. The van der Waals surface area contributed by atoms with Crippen molar-refractivity contribution in [1.29, 1.82) is 0 Å². The number of carbonyl (C=O) groups is 1. The second-order valence-corrected chi connectivity index (χ2v) is 9.19. The molecule has 0 bridgehead atoms. The van der Waals surface area contributed by atoms with Crippen LogP contribution in [0.25, 0.3) is 11.0 Å². The summed E-state index contributed by atoms with van der Waals surface area (Å²) < 4.78 is 46.8. The Bertz CT molecular complexity index is 1160. The summed E-state index contributed by atoms with van der Waals surface area (Å²) >= 11 is 0. The lowest BCUT2D eigenvalue weighted by molar-refractivity contribution is 0.0997. The van der Waals surface area contributed by atoms with Gasteiger partial charge in [-0.3, -0.25) is 4.79 Å². The van der Waals surface area contributed by atoms with Gasteiger partial charge in [0.15, 0.2) is 17.2 Å². The SMILES string of the molecule is Cc1c(C(=O)Nc2cccc(S(=O)(=O)NC(C)(C)C)c2)oc2c(F)cccc12. The molecule has 0 saturated carbocycles. The number of halogens is 1. The second kappa shape index (κ2) is 7.03. The van der Waals surface area contributed by atoms with Gasteiger partial charge in [-0.15, -0.1) is 0 Å². The zero-order valence-corrected chi connectivity index (χ0v) is 16.8. The summed E-state index contributed by atoms with van der Waals surface area (Å²) in [6.45, 7) is 6.87. The quantitative estimate of drug-likeness (QED) is 0.682. The van der Waals surface area contributed by atoms with Crippen LogP contribution in [0.15, 0.2) is 51.8 Å². The van der Waals surface area contributed by atoms with E-state index in [9.17, 15) is 17.6 Å². The fraction of sp³-hybridized carbons (Fsp3) is 0.250. The molecule has 0 atom stereocenters. The van der Waals surface area contributed by atoms with Crippen LogP contribution in [0.2, 0.25) is 0 Å². The van der Waals surface area contributed by atoms with Crippen molar-refractivity contribution in [2.24, 2.45) is 0 Å². The van der Waals surface area contributed by atoms with Crippen molar-refractivity contribution >= 4 is 32.6 Å². The van der Waals surface area contributed by atoms with E-state index in [1.807, 2.05) is 0 Å². The van der Waals surface area contributed by atoms with E-state index in [0.29, 0.717) is 10.9 Å². The second-order valence-electron chi connectivity index (χ2n) is 7.51. The number of hydrogen-bond acceptors (Lipinski definition) is 4. The van der Waals surface area contributed by atoms with Gasteiger partial charge in [0.1, 0.15) is 0 Å². The van der Waals surface area contributed by atoms with Crippen molar-refractivity contribution in [1.82, 2.24) is 4.72 Å². The Hall–Kier alpha value is -2.71. The van der Waals surface area contributed by atoms with Crippen molar-refractivity contribution in [3.63, 3.8) is 0 Å². The van der Waals surface area contributed by atoms with Gasteiger partial charge >= 0.3 is 0 Å². The van der Waals surface area contributed by atoms with Gasteiger partial charge in [0.25, 0.3) is 5.91 Å². The number of aryl methyl sites for hydroxylation is 1. The van der Waals surface area contributed by atoms with Gasteiger partial charge in [-0.1, -0.05) is 18.2 Å². The number of para-hydroxylation sites is 1. The van der Waals surface area contributed by atoms with Crippen LogP contribution in [0.3, 0.4) is 0 Å². The van der Waals surface area contributed by atoms with Crippen LogP contribution >= 0.6 is 0 Å². The highest BCUT2D eigenvalue weighted by atomic mass is 32.2. The number of carbonyl (C=O) groups excluding carboxylic acids is 1. The molecule has 2 aromatic carbocycles. The van der Waals surface area contributed by atoms with Gasteiger partial charge in [0, 0.05) is 22.2 Å². The molecule has 28 heavy (non-hydrogen) atoms. The maximum atomic E-state index is 13.9. The fourth-order valence-electron chi connectivity index (χ4n) is 2.82. The lowest BCUT2D eigenvalue weighted by atomic mass is 10.1. The van der Waals surface area contributed by atoms with Gasteiger partial charge in [-0.05, 0) is 52.0 Å². The number of hydrogen-bond donors (Lipinski definition) is 2. The number of benzene rings is 2. The average molecular weight is 404 g/mol. The first-order chi connectivity index (χ1) is 13.0. The molecule has 0 saturated heterocycles. The van der Waals surface area contributed by atoms with Crippen LogP contribution in [0, 0.1) is 12.7 Å². The first-order valence-corrected chi connectivity index (χ1v) is 10.1. The number of amides is 1. The van der Waals surface area contributed by atoms with Crippen LogP contribution in [-0.4, -0.2) is 19.9 Å². The van der Waals surface area contributed by atoms with E-state index in [0.717, 1.165) is 0 Å². The molecule has 3 rings (SSSR count). The molecule has 0 aliphatic carbocycles. The summed E-state index contributed by atoms with van der Waals surface area (Å²) in [5.74, 6) is -1.17. The minimum atomic E-state index is -3.75. The molecule has 0 radical (unpaired) electrons. The topological polar surface area (TPSA) is 88.4 Å². The Morgan fingerprint density at radius 2 is 1.79 bits per heavy atom. The predicted octanol–water partition coefficient (Wildman–Crippen LogP) is 4.21. The molecule has 1 amide bonds. The van der Waals surface area contributed by atoms with Crippen LogP contribution in [0.5, 0.6) is 0 Å². The van der Waals surface area contributed by atoms with E-state index in [4.69, 9.17) is 4.42 Å². The molecule has 1 aromatic heterocycles. The van der Waals surface area contributed by atoms with Crippen LogP contribution < -0.4 is 10.0 Å². The number of anilines is 1. The van der Waals surface area contributed by atoms with Crippen molar-refractivity contribution in [2.75, 3.05) is 5.32 Å². The number of sulfonamides is 1. The van der Waals surface area contributed by atoms with Crippen LogP contribution in [-0.2, 0) is 10.0 Å². The summed E-state index contributed by atoms with van der Waals surface area (Å²) in [5, 5.41) is 3.12. The zero-order chi connectivity index (χ0) is 20.7. The lowest BCUT2D eigenvalue weighted by Gasteiger charge is -2.20. The molecule has 0 unspecified atom stereocenters. The highest BCUT2D eigenvalue weighted by Crippen LogP contribution is 2.28. The monoisotopic (exact) mass is 404 g/mol. The van der Waals surface area contributed by atoms with Gasteiger partial charge in [-0.25, -0.2) is 17.5 Å². The van der Waals surface area contributed by atoms with Crippen molar-refractivity contribution in [3.8, 4) is 0 Å². The van der Waals surface area contributed by atoms with E-state index < -0.39 is 27.3 Å². The minimum absolute atomic E-state index is 0.0101. The van der Waals surface area contributed by atoms with E-state index in [-0.39, 0.29) is 21.9 Å². The van der Waals surface area contributed by atoms with Crippen molar-refractivity contribution in [2.45, 2.75) is 38.1 Å². The molecule has 0 aliphatic heterocycles. The molecule has 0 spiro atoms. The fourth-order valence-corrected chi connectivity index (χ4v) is 4.28. The van der Waals surface area contributed by atoms with E-state index >= 15 is 0 Å². The average Bonchev–Trinajstić information content (AvgIpc) is 2.92. The largest absolute Gasteiger partial charge is 0.448 e. The molecule has 2 N–H and O–H groups in total. The molecule has 3 aromatic rings. The summed E-state index contributed by atoms with van der Waals surface area (Å²) in [7, 11) is -3.75. The van der Waals surface area contributed by atoms with Crippen LogP contribution in [0.1, 0.15) is 36.9 Å². The molecule has 0 fully saturated rings. The maximum Gasteiger partial charge on any atom is 0.291 e. The molecule has 0 aliphatic rings. The number of nitrogens with one attached hydrogen (secondary N) is 2. The number of fused-ring (bicyclic) bond motifs is 1. The van der Waals surface area contributed by atoms with Gasteiger partial charge in [0.2, 0.25) is 10.0 Å². The van der Waals surface area contributed by atoms with E-state index in [2.05, 4.69) is 10.0 Å². The maximum absolute atomic E-state index is 13.9. The highest BCUT2D eigenvalue weighted by molar-refractivity contribution is 7.89. The lowest BCUT2D eigenvalue weighted by Crippen LogP contribution is -2.40. The number of furan rings is 1. The zero-order valence-electron chi connectivity index (χ0n) is 16.0. The normalized spacial score (nSPS) is 12.3. The Morgan fingerprint density at radius 3 is 2.43 bits per heavy atom. The summed E-state index contributed by atoms with van der Waals surface area (Å²) in [4.78, 5) is 12.6. The molecule has 148 valence electrons. The highest BCUT2D eigenvalue weighted by Gasteiger charge is 2.23. The summed E-state index contributed by atoms with van der Waals surface area (Å²) in [5.41, 5.74) is 0.149. The van der Waals surface area contributed by atoms with Crippen molar-refractivity contribution in [3.05, 3.63) is 59.6 Å². The standard InChI is InChI=1S/C20H21FN2O4S/c1-12-15-9-6-10-16(21)18(15)27-17(12)19(24)22-13-7-5-8-14(11-13)28(25,26)23-20(2,3)4/h5-11,23H,1-4H3,(H,22,24). The van der Waals surface area contributed by atoms with Gasteiger partial charge in [0.05, 0.1) is 4.90 Å². The third-order valence-corrected chi connectivity index (χ3v) is 5.72. The minimum Gasteiger partial charge on any atom is -0.448 e. The van der Waals surface area contributed by atoms with E-state index in [1.54, 1.807) is 45.9 Å². The predicted molar refractivity (Wildman–Crippen MR) is 105 cm³/mol. The Balaban J connectivity index is 1.90. The molecule has 8 heteroatoms. The summed E-state index contributed by atoms with van der Waals surface area (Å²) in [6, 6.07) is 10.3. The Morgan fingerprint density at radius 1 is 1.11 bits per heavy atom. The first kappa shape index (κ1) is 20.0.